The second kappa shape index (κ2) is 11.0. The number of hydrogen-bond donors (Lipinski definition) is 1. The molecule has 0 atom stereocenters. The molecule has 3 heterocycles. The number of amides is 1. The number of ether oxygens (including phenoxy) is 1. The van der Waals surface area contributed by atoms with Crippen LogP contribution in [-0.4, -0.2) is 37.5 Å². The van der Waals surface area contributed by atoms with Crippen LogP contribution in [-0.2, 0) is 17.1 Å². The van der Waals surface area contributed by atoms with Crippen LogP contribution in [0.1, 0.15) is 16.7 Å². The van der Waals surface area contributed by atoms with Gasteiger partial charge in [-0.2, -0.15) is 10.0 Å². The van der Waals surface area contributed by atoms with Gasteiger partial charge in [0.25, 0.3) is 5.91 Å². The van der Waals surface area contributed by atoms with E-state index in [0.717, 1.165) is 37.9 Å². The summed E-state index contributed by atoms with van der Waals surface area (Å²) in [6, 6.07) is 26.2. The van der Waals surface area contributed by atoms with Crippen molar-refractivity contribution in [3.63, 3.8) is 0 Å². The molecule has 1 amide bonds. The minimum absolute atomic E-state index is 0.0347. The van der Waals surface area contributed by atoms with Gasteiger partial charge in [-0.3, -0.25) is 10.2 Å². The highest BCUT2D eigenvalue weighted by molar-refractivity contribution is 8.45. The maximum Gasteiger partial charge on any atom is 0.283 e. The zero-order valence-corrected chi connectivity index (χ0v) is 22.8. The lowest BCUT2D eigenvalue weighted by atomic mass is 10.1. The van der Waals surface area contributed by atoms with Gasteiger partial charge >= 0.3 is 0 Å². The number of para-hydroxylation sites is 1. The van der Waals surface area contributed by atoms with Crippen LogP contribution < -0.4 is 4.74 Å². The summed E-state index contributed by atoms with van der Waals surface area (Å²) in [5.74, 6) is 1.20. The molecule has 6 rings (SSSR count). The number of benzene rings is 3. The van der Waals surface area contributed by atoms with Gasteiger partial charge in [0.05, 0.1) is 12.1 Å². The largest absolute Gasteiger partial charge is 0.492 e. The standard InChI is InChI=1S/C30H25N5O2S2/c1-20-8-7-11-23(16-20)37-15-14-34-18-22(24-12-5-6-13-26(24)34)17-25-27(31)35-29(32-28(25)36)39-30(33-35)38-19-21-9-3-2-4-10-21/h2-13,16-18,31H,14-15,19H2,1H3. The van der Waals surface area contributed by atoms with Crippen molar-refractivity contribution in [3.05, 3.63) is 107 Å². The SMILES string of the molecule is Cc1cccc(OCCn2cc(C=C3C(=N)N4N=C(SCc5ccccc5)SC4=NC3=O)c3ccccc32)c1. The predicted molar refractivity (Wildman–Crippen MR) is 161 cm³/mol. The lowest BCUT2D eigenvalue weighted by Crippen LogP contribution is -2.35. The average molecular weight is 552 g/mol. The number of thioether (sulfide) groups is 2. The van der Waals surface area contributed by atoms with Gasteiger partial charge in [-0.1, -0.05) is 72.4 Å². The Hall–Kier alpha value is -4.08. The fraction of sp³-hybridized carbons (Fsp3) is 0.133. The molecule has 9 heteroatoms. The van der Waals surface area contributed by atoms with Crippen molar-refractivity contribution in [2.45, 2.75) is 19.2 Å². The van der Waals surface area contributed by atoms with Crippen LogP contribution in [0.4, 0.5) is 0 Å². The van der Waals surface area contributed by atoms with Crippen molar-refractivity contribution in [2.24, 2.45) is 10.1 Å². The quantitative estimate of drug-likeness (QED) is 0.264. The van der Waals surface area contributed by atoms with E-state index in [2.05, 4.69) is 26.8 Å². The summed E-state index contributed by atoms with van der Waals surface area (Å²) in [5, 5.41) is 16.2. The molecule has 0 bridgehead atoms. The van der Waals surface area contributed by atoms with E-state index in [4.69, 9.17) is 10.1 Å². The molecule has 39 heavy (non-hydrogen) atoms. The van der Waals surface area contributed by atoms with E-state index < -0.39 is 5.91 Å². The maximum absolute atomic E-state index is 13.0. The Balaban J connectivity index is 1.22. The van der Waals surface area contributed by atoms with E-state index in [1.807, 2.05) is 79.9 Å². The van der Waals surface area contributed by atoms with E-state index in [-0.39, 0.29) is 11.4 Å². The van der Waals surface area contributed by atoms with Crippen LogP contribution in [0.5, 0.6) is 5.75 Å². The number of nitrogens with zero attached hydrogens (tertiary/aromatic N) is 4. The van der Waals surface area contributed by atoms with Crippen molar-refractivity contribution in [1.29, 1.82) is 5.41 Å². The van der Waals surface area contributed by atoms with Gasteiger partial charge in [-0.25, -0.2) is 0 Å². The zero-order chi connectivity index (χ0) is 26.8. The van der Waals surface area contributed by atoms with Gasteiger partial charge in [-0.05, 0) is 54.1 Å². The number of amidine groups is 2. The predicted octanol–water partition coefficient (Wildman–Crippen LogP) is 6.54. The number of carbonyl (C=O) groups is 1. The van der Waals surface area contributed by atoms with Gasteiger partial charge in [0, 0.05) is 28.4 Å². The Bertz CT molecular complexity index is 1670. The van der Waals surface area contributed by atoms with Crippen molar-refractivity contribution in [1.82, 2.24) is 9.58 Å². The summed E-state index contributed by atoms with van der Waals surface area (Å²) in [6.07, 6.45) is 3.75. The molecule has 3 aromatic carbocycles. The number of aromatic nitrogens is 1. The summed E-state index contributed by atoms with van der Waals surface area (Å²) in [4.78, 5) is 17.3. The molecular weight excluding hydrogens is 526 g/mol. The third-order valence-electron chi connectivity index (χ3n) is 6.35. The van der Waals surface area contributed by atoms with Crippen molar-refractivity contribution < 1.29 is 9.53 Å². The first-order valence-electron chi connectivity index (χ1n) is 12.5. The Kier molecular flexibility index (Phi) is 7.08. The van der Waals surface area contributed by atoms with Gasteiger partial charge in [-0.15, -0.1) is 5.10 Å². The first-order valence-corrected chi connectivity index (χ1v) is 14.3. The molecular formula is C30H25N5O2S2. The van der Waals surface area contributed by atoms with Crippen LogP contribution in [0.25, 0.3) is 17.0 Å². The van der Waals surface area contributed by atoms with Crippen LogP contribution in [0.2, 0.25) is 0 Å². The maximum atomic E-state index is 13.0. The second-order valence-corrected chi connectivity index (χ2v) is 11.3. The number of aryl methyl sites for hydroxylation is 1. The summed E-state index contributed by atoms with van der Waals surface area (Å²) in [5.41, 5.74) is 4.44. The number of hydrogen-bond acceptors (Lipinski definition) is 6. The monoisotopic (exact) mass is 551 g/mol. The molecule has 1 aromatic heterocycles. The summed E-state index contributed by atoms with van der Waals surface area (Å²) >= 11 is 2.90. The molecule has 0 saturated carbocycles. The van der Waals surface area contributed by atoms with E-state index in [1.165, 1.54) is 22.3 Å². The number of carbonyl (C=O) groups excluding carboxylic acids is 1. The van der Waals surface area contributed by atoms with E-state index in [9.17, 15) is 4.79 Å². The molecule has 0 fully saturated rings. The molecule has 7 nitrogen and oxygen atoms in total. The Morgan fingerprint density at radius 2 is 1.87 bits per heavy atom. The third-order valence-corrected chi connectivity index (χ3v) is 8.46. The molecule has 0 aliphatic carbocycles. The minimum atomic E-state index is -0.428. The smallest absolute Gasteiger partial charge is 0.283 e. The summed E-state index contributed by atoms with van der Waals surface area (Å²) < 4.78 is 8.85. The minimum Gasteiger partial charge on any atom is -0.492 e. The van der Waals surface area contributed by atoms with Crippen molar-refractivity contribution in [2.75, 3.05) is 6.61 Å². The van der Waals surface area contributed by atoms with E-state index >= 15 is 0 Å². The van der Waals surface area contributed by atoms with E-state index in [0.29, 0.717) is 18.3 Å². The average Bonchev–Trinajstić information content (AvgIpc) is 3.52. The van der Waals surface area contributed by atoms with Gasteiger partial charge in [0.1, 0.15) is 12.4 Å². The number of fused-ring (bicyclic) bond motifs is 2. The number of rotatable bonds is 7. The zero-order valence-electron chi connectivity index (χ0n) is 21.2. The Labute approximate surface area is 234 Å². The highest BCUT2D eigenvalue weighted by Gasteiger charge is 2.36. The molecule has 0 unspecified atom stereocenters. The van der Waals surface area contributed by atoms with Gasteiger partial charge in [0.2, 0.25) is 5.17 Å². The molecule has 4 aromatic rings. The fourth-order valence-corrected chi connectivity index (χ4v) is 6.33. The van der Waals surface area contributed by atoms with Gasteiger partial charge < -0.3 is 9.30 Å². The number of nitrogens with one attached hydrogen (secondary N) is 1. The molecule has 0 spiro atoms. The second-order valence-electron chi connectivity index (χ2n) is 9.12. The molecule has 0 saturated heterocycles. The summed E-state index contributed by atoms with van der Waals surface area (Å²) in [6.45, 7) is 3.18. The Morgan fingerprint density at radius 1 is 1.05 bits per heavy atom. The normalized spacial score (nSPS) is 16.0. The lowest BCUT2D eigenvalue weighted by molar-refractivity contribution is -0.114. The van der Waals surface area contributed by atoms with Crippen LogP contribution in [0.3, 0.4) is 0 Å². The highest BCUT2D eigenvalue weighted by Crippen LogP contribution is 2.34. The molecule has 1 N–H and O–H groups in total. The first-order chi connectivity index (χ1) is 19.0. The van der Waals surface area contributed by atoms with E-state index in [1.54, 1.807) is 17.8 Å². The fourth-order valence-electron chi connectivity index (χ4n) is 4.45. The molecule has 2 aliphatic heterocycles. The molecule has 194 valence electrons. The third kappa shape index (κ3) is 5.41. The number of hydrazone groups is 1. The summed E-state index contributed by atoms with van der Waals surface area (Å²) in [7, 11) is 0. The van der Waals surface area contributed by atoms with Crippen LogP contribution in [0.15, 0.2) is 101 Å². The van der Waals surface area contributed by atoms with Crippen molar-refractivity contribution in [3.8, 4) is 5.75 Å². The first kappa shape index (κ1) is 25.2. The number of aliphatic imine (C=N–C) groups is 1. The highest BCUT2D eigenvalue weighted by atomic mass is 32.2. The van der Waals surface area contributed by atoms with Crippen LogP contribution >= 0.6 is 23.5 Å². The van der Waals surface area contributed by atoms with Crippen molar-refractivity contribution >= 4 is 61.8 Å². The molecule has 2 aliphatic rings. The van der Waals surface area contributed by atoms with Crippen LogP contribution in [0, 0.1) is 12.3 Å². The Morgan fingerprint density at radius 3 is 2.72 bits per heavy atom. The molecule has 0 radical (unpaired) electrons. The lowest BCUT2D eigenvalue weighted by Gasteiger charge is -2.20. The topological polar surface area (TPSA) is 83.0 Å². The van der Waals surface area contributed by atoms with Gasteiger partial charge in [0.15, 0.2) is 10.2 Å².